The first-order valence-electron chi connectivity index (χ1n) is 13.1. The number of nitrogens with one attached hydrogen (secondary N) is 3. The zero-order valence-electron chi connectivity index (χ0n) is 23.4. The first-order valence-corrected chi connectivity index (χ1v) is 13.4. The highest BCUT2D eigenvalue weighted by molar-refractivity contribution is 6.32. The molecule has 12 heteroatoms. The van der Waals surface area contributed by atoms with E-state index in [0.29, 0.717) is 5.02 Å². The van der Waals surface area contributed by atoms with E-state index in [1.807, 2.05) is 55.4 Å². The van der Waals surface area contributed by atoms with E-state index in [1.165, 1.54) is 19.2 Å². The van der Waals surface area contributed by atoms with Gasteiger partial charge in [-0.25, -0.2) is 0 Å². The van der Waals surface area contributed by atoms with Crippen LogP contribution in [0.15, 0.2) is 60.7 Å². The van der Waals surface area contributed by atoms with Crippen LogP contribution in [-0.2, 0) is 30.5 Å². The zero-order chi connectivity index (χ0) is 30.2. The molecule has 0 radical (unpaired) electrons. The summed E-state index contributed by atoms with van der Waals surface area (Å²) in [7, 11) is 4.97. The Morgan fingerprint density at radius 3 is 2.50 bits per heavy atom. The van der Waals surface area contributed by atoms with Crippen molar-refractivity contribution in [3.8, 4) is 11.5 Å². The van der Waals surface area contributed by atoms with Gasteiger partial charge in [-0.2, -0.15) is 0 Å². The Bertz CT molecular complexity index is 1480. The summed E-state index contributed by atoms with van der Waals surface area (Å²) in [6, 6.07) is 16.5. The summed E-state index contributed by atoms with van der Waals surface area (Å²) in [5.74, 6) is -1.69. The van der Waals surface area contributed by atoms with E-state index in [2.05, 4.69) is 20.7 Å². The number of fused-ring (bicyclic) bond motifs is 1. The van der Waals surface area contributed by atoms with Gasteiger partial charge in [-0.05, 0) is 36.2 Å². The van der Waals surface area contributed by atoms with Crippen molar-refractivity contribution in [2.75, 3.05) is 43.3 Å². The molecule has 0 bridgehead atoms. The number of anilines is 3. The molecule has 3 aromatic carbocycles. The van der Waals surface area contributed by atoms with Crippen LogP contribution in [0.4, 0.5) is 17.1 Å². The maximum Gasteiger partial charge on any atom is 0.305 e. The maximum atomic E-state index is 13.2. The predicted molar refractivity (Wildman–Crippen MR) is 158 cm³/mol. The number of hydrogen-bond donors (Lipinski definition) is 3. The molecule has 3 N–H and O–H groups in total. The van der Waals surface area contributed by atoms with Crippen molar-refractivity contribution in [3.05, 3.63) is 76.8 Å². The van der Waals surface area contributed by atoms with Crippen LogP contribution in [0.1, 0.15) is 28.8 Å². The average Bonchev–Trinajstić information content (AvgIpc) is 3.08. The highest BCUT2D eigenvalue weighted by atomic mass is 35.5. The highest BCUT2D eigenvalue weighted by Gasteiger charge is 2.30. The second-order valence-corrected chi connectivity index (χ2v) is 10.1. The largest absolute Gasteiger partial charge is 0.469 e. The molecule has 0 unspecified atom stereocenters. The molecule has 1 heterocycles. The Labute approximate surface area is 248 Å². The number of amides is 3. The van der Waals surface area contributed by atoms with Gasteiger partial charge >= 0.3 is 5.97 Å². The van der Waals surface area contributed by atoms with Crippen molar-refractivity contribution in [2.45, 2.75) is 25.5 Å². The topological polar surface area (TPSA) is 135 Å². The average molecular weight is 595 g/mol. The third kappa shape index (κ3) is 7.77. The van der Waals surface area contributed by atoms with E-state index >= 15 is 0 Å². The molecular weight excluding hydrogens is 564 g/mol. The minimum absolute atomic E-state index is 0.0386. The first kappa shape index (κ1) is 30.4. The summed E-state index contributed by atoms with van der Waals surface area (Å²) < 4.78 is 16.3. The van der Waals surface area contributed by atoms with E-state index in [9.17, 15) is 19.2 Å². The van der Waals surface area contributed by atoms with Gasteiger partial charge in [0.15, 0.2) is 5.75 Å². The molecule has 220 valence electrons. The first-order chi connectivity index (χ1) is 20.1. The van der Waals surface area contributed by atoms with Gasteiger partial charge in [-0.15, -0.1) is 0 Å². The minimum Gasteiger partial charge on any atom is -0.469 e. The monoisotopic (exact) mass is 594 g/mol. The SMILES string of the molecule is COC(=O)CC[C@H]1NC(=O)c2cc(Oc3cc(N(C)C)ccc3Cl)c(NC(=O)COCc3ccccc3)cc2NC1=O. The van der Waals surface area contributed by atoms with Crippen LogP contribution in [0, 0.1) is 0 Å². The number of ether oxygens (including phenoxy) is 3. The summed E-state index contributed by atoms with van der Waals surface area (Å²) in [5.41, 5.74) is 2.14. The third-order valence-electron chi connectivity index (χ3n) is 6.38. The van der Waals surface area contributed by atoms with Crippen molar-refractivity contribution in [1.29, 1.82) is 0 Å². The Kier molecular flexibility index (Phi) is 10.00. The summed E-state index contributed by atoms with van der Waals surface area (Å²) in [6.45, 7) is -0.0251. The van der Waals surface area contributed by atoms with E-state index in [4.69, 9.17) is 21.1 Å². The van der Waals surface area contributed by atoms with Crippen LogP contribution in [0.3, 0.4) is 0 Å². The summed E-state index contributed by atoms with van der Waals surface area (Å²) >= 11 is 6.42. The van der Waals surface area contributed by atoms with Crippen LogP contribution in [0.25, 0.3) is 0 Å². The van der Waals surface area contributed by atoms with Crippen molar-refractivity contribution in [1.82, 2.24) is 5.32 Å². The molecule has 0 aromatic heterocycles. The molecule has 0 spiro atoms. The number of carbonyl (C=O) groups is 4. The van der Waals surface area contributed by atoms with Gasteiger partial charge in [0, 0.05) is 32.3 Å². The Morgan fingerprint density at radius 1 is 1.02 bits per heavy atom. The number of carbonyl (C=O) groups excluding carboxylic acids is 4. The normalized spacial score (nSPS) is 14.1. The molecule has 1 aliphatic rings. The number of rotatable bonds is 11. The van der Waals surface area contributed by atoms with Crippen molar-refractivity contribution < 1.29 is 33.4 Å². The fourth-order valence-corrected chi connectivity index (χ4v) is 4.29. The van der Waals surface area contributed by atoms with E-state index < -0.39 is 29.7 Å². The van der Waals surface area contributed by atoms with Gasteiger partial charge in [0.1, 0.15) is 18.4 Å². The lowest BCUT2D eigenvalue weighted by molar-refractivity contribution is -0.140. The van der Waals surface area contributed by atoms with Gasteiger partial charge in [0.2, 0.25) is 11.8 Å². The van der Waals surface area contributed by atoms with Crippen molar-refractivity contribution in [3.63, 3.8) is 0 Å². The fraction of sp³-hybridized carbons (Fsp3) is 0.267. The van der Waals surface area contributed by atoms with Crippen LogP contribution in [-0.4, -0.2) is 57.5 Å². The molecule has 0 saturated carbocycles. The quantitative estimate of drug-likeness (QED) is 0.279. The van der Waals surface area contributed by atoms with Crippen LogP contribution in [0.2, 0.25) is 5.02 Å². The minimum atomic E-state index is -0.982. The Morgan fingerprint density at radius 2 is 1.79 bits per heavy atom. The fourth-order valence-electron chi connectivity index (χ4n) is 4.13. The summed E-state index contributed by atoms with van der Waals surface area (Å²) in [6.07, 6.45) is -0.0263. The zero-order valence-corrected chi connectivity index (χ0v) is 24.1. The number of hydrogen-bond acceptors (Lipinski definition) is 8. The van der Waals surface area contributed by atoms with Gasteiger partial charge in [0.05, 0.1) is 35.7 Å². The highest BCUT2D eigenvalue weighted by Crippen LogP contribution is 2.39. The van der Waals surface area contributed by atoms with Crippen LogP contribution < -0.4 is 25.6 Å². The summed E-state index contributed by atoms with van der Waals surface area (Å²) in [5, 5.41) is 8.40. The van der Waals surface area contributed by atoms with Gasteiger partial charge in [0.25, 0.3) is 5.91 Å². The number of nitrogens with zero attached hydrogens (tertiary/aromatic N) is 1. The Hall–Kier alpha value is -4.61. The van der Waals surface area contributed by atoms with E-state index in [0.717, 1.165) is 11.3 Å². The molecule has 1 aliphatic heterocycles. The number of esters is 1. The van der Waals surface area contributed by atoms with Gasteiger partial charge in [-0.3, -0.25) is 19.2 Å². The van der Waals surface area contributed by atoms with Crippen LogP contribution in [0.5, 0.6) is 11.5 Å². The van der Waals surface area contributed by atoms with Gasteiger partial charge < -0.3 is 35.1 Å². The summed E-state index contributed by atoms with van der Waals surface area (Å²) in [4.78, 5) is 52.5. The molecule has 4 rings (SSSR count). The second kappa shape index (κ2) is 13.8. The molecule has 11 nitrogen and oxygen atoms in total. The molecule has 0 fully saturated rings. The number of methoxy groups -OCH3 is 1. The molecule has 3 amide bonds. The molecule has 1 atom stereocenters. The molecule has 0 saturated heterocycles. The second-order valence-electron chi connectivity index (χ2n) is 9.66. The lowest BCUT2D eigenvalue weighted by atomic mass is 10.1. The molecule has 3 aromatic rings. The smallest absolute Gasteiger partial charge is 0.305 e. The maximum absolute atomic E-state index is 13.2. The molecule has 42 heavy (non-hydrogen) atoms. The number of halogens is 1. The van der Waals surface area contributed by atoms with E-state index in [1.54, 1.807) is 12.1 Å². The van der Waals surface area contributed by atoms with E-state index in [-0.39, 0.29) is 54.5 Å². The van der Waals surface area contributed by atoms with Crippen molar-refractivity contribution in [2.24, 2.45) is 0 Å². The number of benzene rings is 3. The van der Waals surface area contributed by atoms with Gasteiger partial charge in [-0.1, -0.05) is 41.9 Å². The lowest BCUT2D eigenvalue weighted by Crippen LogP contribution is -2.41. The lowest BCUT2D eigenvalue weighted by Gasteiger charge is -2.18. The molecule has 0 aliphatic carbocycles. The van der Waals surface area contributed by atoms with Crippen molar-refractivity contribution >= 4 is 52.4 Å². The predicted octanol–water partition coefficient (Wildman–Crippen LogP) is 4.36. The third-order valence-corrected chi connectivity index (χ3v) is 6.69. The standard InChI is InChI=1S/C30H31ClN4O7/c1-35(2)19-9-10-21(31)25(13-19)42-26-14-20-23(34-30(39)22(33-29(20)38)11-12-28(37)40-3)15-24(26)32-27(36)17-41-16-18-7-5-4-6-8-18/h4-10,13-15,22H,11-12,16-17H2,1-3H3,(H,32,36)(H,33,38)(H,34,39)/t22-/m1/s1. The Balaban J connectivity index is 1.62. The molecular formula is C30H31ClN4O7. The van der Waals surface area contributed by atoms with Crippen LogP contribution >= 0.6 is 11.6 Å².